The molecule has 4 heteroatoms. The molecule has 0 aliphatic heterocycles. The number of hydrogen-bond donors (Lipinski definition) is 2. The first-order chi connectivity index (χ1) is 8.21. The molecule has 1 saturated carbocycles. The lowest BCUT2D eigenvalue weighted by atomic mass is 10.1. The fraction of sp³-hybridized carbons (Fsp3) is 0.462. The third-order valence-corrected chi connectivity index (χ3v) is 3.55. The quantitative estimate of drug-likeness (QED) is 0.847. The highest BCUT2D eigenvalue weighted by Crippen LogP contribution is 2.44. The maximum Gasteiger partial charge on any atom is 0.192 e. The van der Waals surface area contributed by atoms with Gasteiger partial charge in [-0.05, 0) is 36.9 Å². The summed E-state index contributed by atoms with van der Waals surface area (Å²) in [6, 6.07) is 6.02. The van der Waals surface area contributed by atoms with Crippen molar-refractivity contribution in [2.24, 2.45) is 11.1 Å². The minimum Gasteiger partial charge on any atom is -0.441 e. The SMILES string of the molecule is Cc1nc2ccc(NCC3(CN)CC3)cc2o1. The Balaban J connectivity index is 1.76. The number of fused-ring (bicyclic) bond motifs is 1. The van der Waals surface area contributed by atoms with Crippen LogP contribution < -0.4 is 11.1 Å². The summed E-state index contributed by atoms with van der Waals surface area (Å²) in [6.45, 7) is 3.58. The molecule has 3 N–H and O–H groups in total. The highest BCUT2D eigenvalue weighted by atomic mass is 16.3. The molecule has 1 fully saturated rings. The Hall–Kier alpha value is -1.55. The zero-order chi connectivity index (χ0) is 11.9. The van der Waals surface area contributed by atoms with E-state index in [1.807, 2.05) is 25.1 Å². The monoisotopic (exact) mass is 231 g/mol. The van der Waals surface area contributed by atoms with Crippen molar-refractivity contribution < 1.29 is 4.42 Å². The van der Waals surface area contributed by atoms with Gasteiger partial charge in [0.1, 0.15) is 5.52 Å². The lowest BCUT2D eigenvalue weighted by Gasteiger charge is -2.14. The standard InChI is InChI=1S/C13H17N3O/c1-9-16-11-3-2-10(6-12(11)17-9)15-8-13(7-14)4-5-13/h2-3,6,15H,4-5,7-8,14H2,1H3. The van der Waals surface area contributed by atoms with Crippen molar-refractivity contribution in [1.82, 2.24) is 4.98 Å². The first kappa shape index (κ1) is 10.6. The van der Waals surface area contributed by atoms with Gasteiger partial charge in [-0.3, -0.25) is 0 Å². The Morgan fingerprint density at radius 2 is 2.29 bits per heavy atom. The molecule has 17 heavy (non-hydrogen) atoms. The van der Waals surface area contributed by atoms with Gasteiger partial charge in [0.25, 0.3) is 0 Å². The predicted molar refractivity (Wildman–Crippen MR) is 68.0 cm³/mol. The minimum absolute atomic E-state index is 0.340. The fourth-order valence-electron chi connectivity index (χ4n) is 2.07. The zero-order valence-corrected chi connectivity index (χ0v) is 9.99. The summed E-state index contributed by atoms with van der Waals surface area (Å²) < 4.78 is 5.51. The van der Waals surface area contributed by atoms with Crippen molar-refractivity contribution in [1.29, 1.82) is 0 Å². The average Bonchev–Trinajstić information content (AvgIpc) is 3.01. The normalized spacial score (nSPS) is 17.3. The summed E-state index contributed by atoms with van der Waals surface area (Å²) in [7, 11) is 0. The molecule has 3 rings (SSSR count). The predicted octanol–water partition coefficient (Wildman–Crippen LogP) is 2.29. The molecule has 1 aliphatic rings. The summed E-state index contributed by atoms with van der Waals surface area (Å²) >= 11 is 0. The highest BCUT2D eigenvalue weighted by Gasteiger charge is 2.40. The molecule has 90 valence electrons. The zero-order valence-electron chi connectivity index (χ0n) is 9.99. The van der Waals surface area contributed by atoms with E-state index >= 15 is 0 Å². The van der Waals surface area contributed by atoms with E-state index in [9.17, 15) is 0 Å². The molecule has 1 aromatic carbocycles. The van der Waals surface area contributed by atoms with Crippen molar-refractivity contribution in [3.05, 3.63) is 24.1 Å². The van der Waals surface area contributed by atoms with Crippen LogP contribution in [0.15, 0.2) is 22.6 Å². The smallest absolute Gasteiger partial charge is 0.192 e. The van der Waals surface area contributed by atoms with Crippen LogP contribution >= 0.6 is 0 Å². The second kappa shape index (κ2) is 3.74. The number of benzene rings is 1. The van der Waals surface area contributed by atoms with E-state index in [0.717, 1.165) is 29.9 Å². The Morgan fingerprint density at radius 1 is 1.47 bits per heavy atom. The van der Waals surface area contributed by atoms with Crippen molar-refractivity contribution in [3.8, 4) is 0 Å². The molecule has 2 aromatic rings. The van der Waals surface area contributed by atoms with Crippen LogP contribution in [-0.2, 0) is 0 Å². The van der Waals surface area contributed by atoms with Crippen LogP contribution in [-0.4, -0.2) is 18.1 Å². The molecule has 0 saturated heterocycles. The largest absolute Gasteiger partial charge is 0.441 e. The Kier molecular flexibility index (Phi) is 2.33. The van der Waals surface area contributed by atoms with E-state index < -0.39 is 0 Å². The van der Waals surface area contributed by atoms with Gasteiger partial charge in [-0.15, -0.1) is 0 Å². The summed E-state index contributed by atoms with van der Waals surface area (Å²) in [6.07, 6.45) is 2.47. The Labute approximate surface area is 100 Å². The Morgan fingerprint density at radius 3 is 3.00 bits per heavy atom. The highest BCUT2D eigenvalue weighted by molar-refractivity contribution is 5.77. The number of nitrogens with one attached hydrogen (secondary N) is 1. The van der Waals surface area contributed by atoms with Gasteiger partial charge in [0.2, 0.25) is 0 Å². The molecule has 0 unspecified atom stereocenters. The van der Waals surface area contributed by atoms with E-state index in [-0.39, 0.29) is 0 Å². The summed E-state index contributed by atoms with van der Waals surface area (Å²) in [4.78, 5) is 4.28. The van der Waals surface area contributed by atoms with Crippen LogP contribution in [0, 0.1) is 12.3 Å². The molecule has 4 nitrogen and oxygen atoms in total. The van der Waals surface area contributed by atoms with Gasteiger partial charge in [-0.1, -0.05) is 0 Å². The molecular formula is C13H17N3O. The van der Waals surface area contributed by atoms with Crippen molar-refractivity contribution >= 4 is 16.8 Å². The summed E-state index contributed by atoms with van der Waals surface area (Å²) in [5.74, 6) is 0.706. The molecule has 0 amide bonds. The van der Waals surface area contributed by atoms with Crippen LogP contribution in [0.4, 0.5) is 5.69 Å². The number of oxazole rings is 1. The third-order valence-electron chi connectivity index (χ3n) is 3.55. The number of nitrogens with two attached hydrogens (primary N) is 1. The maximum absolute atomic E-state index is 5.76. The van der Waals surface area contributed by atoms with Crippen LogP contribution in [0.5, 0.6) is 0 Å². The second-order valence-electron chi connectivity index (χ2n) is 4.97. The van der Waals surface area contributed by atoms with Gasteiger partial charge >= 0.3 is 0 Å². The fourth-order valence-corrected chi connectivity index (χ4v) is 2.07. The molecule has 1 heterocycles. The average molecular weight is 231 g/mol. The topological polar surface area (TPSA) is 64.1 Å². The molecular weight excluding hydrogens is 214 g/mol. The van der Waals surface area contributed by atoms with Crippen molar-refractivity contribution in [3.63, 3.8) is 0 Å². The first-order valence-electron chi connectivity index (χ1n) is 6.02. The van der Waals surface area contributed by atoms with E-state index in [2.05, 4.69) is 10.3 Å². The minimum atomic E-state index is 0.340. The first-order valence-corrected chi connectivity index (χ1v) is 6.02. The van der Waals surface area contributed by atoms with Gasteiger partial charge in [0, 0.05) is 25.2 Å². The van der Waals surface area contributed by atoms with E-state index in [1.54, 1.807) is 0 Å². The number of hydrogen-bond acceptors (Lipinski definition) is 4. The van der Waals surface area contributed by atoms with Gasteiger partial charge in [-0.25, -0.2) is 4.98 Å². The second-order valence-corrected chi connectivity index (χ2v) is 4.97. The van der Waals surface area contributed by atoms with E-state index in [0.29, 0.717) is 11.3 Å². The third kappa shape index (κ3) is 2.00. The molecule has 0 bridgehead atoms. The van der Waals surface area contributed by atoms with Crippen molar-refractivity contribution in [2.45, 2.75) is 19.8 Å². The van der Waals surface area contributed by atoms with Crippen molar-refractivity contribution in [2.75, 3.05) is 18.4 Å². The lowest BCUT2D eigenvalue weighted by molar-refractivity contribution is 0.554. The maximum atomic E-state index is 5.76. The Bertz CT molecular complexity index is 543. The van der Waals surface area contributed by atoms with E-state index in [1.165, 1.54) is 12.8 Å². The van der Waals surface area contributed by atoms with E-state index in [4.69, 9.17) is 10.2 Å². The number of aryl methyl sites for hydroxylation is 1. The number of anilines is 1. The number of rotatable bonds is 4. The molecule has 1 aliphatic carbocycles. The summed E-state index contributed by atoms with van der Waals surface area (Å²) in [5.41, 5.74) is 8.92. The molecule has 0 radical (unpaired) electrons. The van der Waals surface area contributed by atoms with Gasteiger partial charge in [0.05, 0.1) is 0 Å². The van der Waals surface area contributed by atoms with Crippen LogP contribution in [0.2, 0.25) is 0 Å². The van der Waals surface area contributed by atoms with Gasteiger partial charge < -0.3 is 15.5 Å². The lowest BCUT2D eigenvalue weighted by Crippen LogP contribution is -2.24. The van der Waals surface area contributed by atoms with Gasteiger partial charge in [-0.2, -0.15) is 0 Å². The summed E-state index contributed by atoms with van der Waals surface area (Å²) in [5, 5.41) is 3.43. The molecule has 0 atom stereocenters. The van der Waals surface area contributed by atoms with Gasteiger partial charge in [0.15, 0.2) is 11.5 Å². The molecule has 0 spiro atoms. The van der Waals surface area contributed by atoms with Crippen LogP contribution in [0.3, 0.4) is 0 Å². The van der Waals surface area contributed by atoms with Crippen LogP contribution in [0.1, 0.15) is 18.7 Å². The molecule has 1 aromatic heterocycles. The van der Waals surface area contributed by atoms with Crippen LogP contribution in [0.25, 0.3) is 11.1 Å². The number of nitrogens with zero attached hydrogens (tertiary/aromatic N) is 1. The number of aromatic nitrogens is 1.